The fourth-order valence-electron chi connectivity index (χ4n) is 1.68. The molecular formula is C11H16S4. The van der Waals surface area contributed by atoms with Gasteiger partial charge in [0.1, 0.15) is 0 Å². The third-order valence-corrected chi connectivity index (χ3v) is 3.65. The van der Waals surface area contributed by atoms with E-state index in [2.05, 4.69) is 62.6 Å². The first kappa shape index (κ1) is 13.7. The third kappa shape index (κ3) is 3.55. The maximum atomic E-state index is 4.37. The van der Waals surface area contributed by atoms with Crippen molar-refractivity contribution in [3.05, 3.63) is 34.4 Å². The first-order valence-corrected chi connectivity index (χ1v) is 7.36. The Hall–Kier alpha value is 0.620. The molecule has 0 aromatic heterocycles. The van der Waals surface area contributed by atoms with Crippen LogP contribution in [0.4, 0.5) is 0 Å². The molecule has 0 fully saturated rings. The van der Waals surface area contributed by atoms with Gasteiger partial charge in [-0.15, -0.1) is 0 Å². The van der Waals surface area contributed by atoms with Crippen LogP contribution in [0.25, 0.3) is 0 Å². The van der Waals surface area contributed by atoms with Gasteiger partial charge in [-0.1, -0.05) is 12.1 Å². The van der Waals surface area contributed by atoms with Crippen LogP contribution in [0.1, 0.15) is 22.3 Å². The minimum absolute atomic E-state index is 0.767. The van der Waals surface area contributed by atoms with Crippen LogP contribution in [0.15, 0.2) is 12.1 Å². The molecular weight excluding hydrogens is 260 g/mol. The highest BCUT2D eigenvalue weighted by Crippen LogP contribution is 2.23. The molecule has 0 aliphatic heterocycles. The van der Waals surface area contributed by atoms with Crippen LogP contribution in [0.5, 0.6) is 0 Å². The number of thiol groups is 4. The Labute approximate surface area is 114 Å². The second-order valence-corrected chi connectivity index (χ2v) is 4.74. The van der Waals surface area contributed by atoms with E-state index < -0.39 is 0 Å². The van der Waals surface area contributed by atoms with Crippen LogP contribution in [0.2, 0.25) is 0 Å². The van der Waals surface area contributed by atoms with Crippen LogP contribution in [0, 0.1) is 0 Å². The quantitative estimate of drug-likeness (QED) is 0.582. The van der Waals surface area contributed by atoms with E-state index in [9.17, 15) is 0 Å². The zero-order chi connectivity index (χ0) is 11.3. The van der Waals surface area contributed by atoms with Crippen molar-refractivity contribution in [2.45, 2.75) is 23.7 Å². The summed E-state index contributed by atoms with van der Waals surface area (Å²) in [6.45, 7) is 0. The minimum Gasteiger partial charge on any atom is -0.179 e. The fraction of sp³-hybridized carbons (Fsp3) is 0.455. The molecule has 0 heterocycles. The Morgan fingerprint density at radius 1 is 0.800 bits per heavy atom. The number of hydrogen-bond donors (Lipinski definition) is 4. The SMILES string of the molecule is SCCc1c(CS)cc(CS)cc1CS. The highest BCUT2D eigenvalue weighted by molar-refractivity contribution is 7.80. The van der Waals surface area contributed by atoms with Gasteiger partial charge in [-0.05, 0) is 34.4 Å². The monoisotopic (exact) mass is 276 g/mol. The van der Waals surface area contributed by atoms with E-state index in [0.29, 0.717) is 0 Å². The summed E-state index contributed by atoms with van der Waals surface area (Å²) in [5.41, 5.74) is 5.20. The average molecular weight is 277 g/mol. The average Bonchev–Trinajstić information content (AvgIpc) is 2.29. The minimum atomic E-state index is 0.767. The predicted octanol–water partition coefficient (Wildman–Crippen LogP) is 3.45. The summed E-state index contributed by atoms with van der Waals surface area (Å²) in [5, 5.41) is 0. The summed E-state index contributed by atoms with van der Waals surface area (Å²) in [6.07, 6.45) is 0.988. The van der Waals surface area contributed by atoms with Crippen molar-refractivity contribution >= 4 is 50.5 Å². The van der Waals surface area contributed by atoms with E-state index in [4.69, 9.17) is 0 Å². The smallest absolute Gasteiger partial charge is 0.0157 e. The molecule has 0 unspecified atom stereocenters. The molecule has 0 N–H and O–H groups in total. The molecule has 15 heavy (non-hydrogen) atoms. The zero-order valence-electron chi connectivity index (χ0n) is 8.48. The second kappa shape index (κ2) is 7.05. The van der Waals surface area contributed by atoms with Crippen LogP contribution in [-0.2, 0) is 23.7 Å². The van der Waals surface area contributed by atoms with Gasteiger partial charge in [0.2, 0.25) is 0 Å². The molecule has 0 aliphatic carbocycles. The molecule has 0 spiro atoms. The van der Waals surface area contributed by atoms with Crippen molar-refractivity contribution in [2.24, 2.45) is 0 Å². The second-order valence-electron chi connectivity index (χ2n) is 3.34. The Morgan fingerprint density at radius 3 is 1.67 bits per heavy atom. The molecule has 0 saturated heterocycles. The van der Waals surface area contributed by atoms with Crippen molar-refractivity contribution in [2.75, 3.05) is 5.75 Å². The van der Waals surface area contributed by atoms with Crippen molar-refractivity contribution < 1.29 is 0 Å². The summed E-state index contributed by atoms with van der Waals surface area (Å²) in [5.74, 6) is 3.17. The standard InChI is InChI=1S/C11H16S4/c12-2-1-11-9(6-14)3-8(5-13)4-10(11)7-15/h3-4,12-15H,1-2,5-7H2. The van der Waals surface area contributed by atoms with Gasteiger partial charge < -0.3 is 0 Å². The van der Waals surface area contributed by atoms with Gasteiger partial charge in [-0.2, -0.15) is 50.5 Å². The first-order valence-electron chi connectivity index (χ1n) is 4.83. The number of rotatable bonds is 5. The van der Waals surface area contributed by atoms with Gasteiger partial charge >= 0.3 is 0 Å². The summed E-state index contributed by atoms with van der Waals surface area (Å²) < 4.78 is 0. The fourth-order valence-corrected chi connectivity index (χ4v) is 2.65. The van der Waals surface area contributed by atoms with E-state index in [-0.39, 0.29) is 0 Å². The van der Waals surface area contributed by atoms with Gasteiger partial charge in [-0.3, -0.25) is 0 Å². The van der Waals surface area contributed by atoms with Gasteiger partial charge in [0.15, 0.2) is 0 Å². The van der Waals surface area contributed by atoms with Crippen LogP contribution in [0.3, 0.4) is 0 Å². The van der Waals surface area contributed by atoms with E-state index in [1.807, 2.05) is 0 Å². The Morgan fingerprint density at radius 2 is 1.33 bits per heavy atom. The lowest BCUT2D eigenvalue weighted by Crippen LogP contribution is -2.01. The normalized spacial score (nSPS) is 10.7. The van der Waals surface area contributed by atoms with Crippen LogP contribution >= 0.6 is 50.5 Å². The summed E-state index contributed by atoms with van der Waals surface area (Å²) >= 11 is 17.3. The lowest BCUT2D eigenvalue weighted by molar-refractivity contribution is 1.07. The Balaban J connectivity index is 3.19. The maximum Gasteiger partial charge on any atom is 0.0157 e. The Bertz CT molecular complexity index is 297. The molecule has 1 aromatic carbocycles. The summed E-state index contributed by atoms with van der Waals surface area (Å²) in [4.78, 5) is 0. The van der Waals surface area contributed by atoms with Crippen molar-refractivity contribution in [3.63, 3.8) is 0 Å². The summed E-state index contributed by atoms with van der Waals surface area (Å²) in [6, 6.07) is 4.37. The summed E-state index contributed by atoms with van der Waals surface area (Å²) in [7, 11) is 0. The molecule has 0 radical (unpaired) electrons. The van der Waals surface area contributed by atoms with E-state index in [1.165, 1.54) is 22.3 Å². The lowest BCUT2D eigenvalue weighted by atomic mass is 9.98. The molecule has 0 atom stereocenters. The molecule has 1 rings (SSSR count). The predicted molar refractivity (Wildman–Crippen MR) is 82.1 cm³/mol. The molecule has 0 bridgehead atoms. The highest BCUT2D eigenvalue weighted by Gasteiger charge is 2.08. The first-order chi connectivity index (χ1) is 7.26. The number of benzene rings is 1. The third-order valence-electron chi connectivity index (χ3n) is 2.38. The van der Waals surface area contributed by atoms with Crippen molar-refractivity contribution in [3.8, 4) is 0 Å². The van der Waals surface area contributed by atoms with Crippen LogP contribution < -0.4 is 0 Å². The Kier molecular flexibility index (Phi) is 6.43. The number of hydrogen-bond acceptors (Lipinski definition) is 4. The molecule has 1 aromatic rings. The van der Waals surface area contributed by atoms with E-state index >= 15 is 0 Å². The molecule has 0 nitrogen and oxygen atoms in total. The van der Waals surface area contributed by atoms with Crippen molar-refractivity contribution in [1.82, 2.24) is 0 Å². The van der Waals surface area contributed by atoms with Gasteiger partial charge in [0.05, 0.1) is 0 Å². The highest BCUT2D eigenvalue weighted by atomic mass is 32.1. The molecule has 84 valence electrons. The van der Waals surface area contributed by atoms with Gasteiger partial charge in [-0.25, -0.2) is 0 Å². The zero-order valence-corrected chi connectivity index (χ0v) is 12.1. The van der Waals surface area contributed by atoms with Crippen LogP contribution in [-0.4, -0.2) is 5.75 Å². The van der Waals surface area contributed by atoms with Gasteiger partial charge in [0, 0.05) is 17.3 Å². The lowest BCUT2D eigenvalue weighted by Gasteiger charge is -2.14. The van der Waals surface area contributed by atoms with E-state index in [1.54, 1.807) is 0 Å². The van der Waals surface area contributed by atoms with E-state index in [0.717, 1.165) is 29.4 Å². The molecule has 4 heteroatoms. The molecule has 0 aliphatic rings. The molecule has 0 amide bonds. The maximum absolute atomic E-state index is 4.37. The largest absolute Gasteiger partial charge is 0.179 e. The van der Waals surface area contributed by atoms with Gasteiger partial charge in [0.25, 0.3) is 0 Å². The molecule has 0 saturated carbocycles. The topological polar surface area (TPSA) is 0 Å². The van der Waals surface area contributed by atoms with Crippen molar-refractivity contribution in [1.29, 1.82) is 0 Å².